The van der Waals surface area contributed by atoms with E-state index in [-0.39, 0.29) is 5.91 Å². The molecule has 1 aliphatic rings. The molecule has 1 aliphatic heterocycles. The fourth-order valence-electron chi connectivity index (χ4n) is 3.70. The molecule has 1 aromatic carbocycles. The van der Waals surface area contributed by atoms with Crippen LogP contribution in [-0.4, -0.2) is 40.5 Å². The number of aryl methyl sites for hydroxylation is 2. The van der Waals surface area contributed by atoms with Crippen molar-refractivity contribution in [2.45, 2.75) is 52.6 Å². The van der Waals surface area contributed by atoms with E-state index in [1.54, 1.807) is 0 Å². The van der Waals surface area contributed by atoms with Gasteiger partial charge in [-0.3, -0.25) is 4.79 Å². The normalized spacial score (nSPS) is 15.1. The number of piperidine rings is 1. The minimum atomic E-state index is 0.215. The molecule has 0 unspecified atom stereocenters. The van der Waals surface area contributed by atoms with Crippen LogP contribution in [0.4, 0.5) is 0 Å². The van der Waals surface area contributed by atoms with Gasteiger partial charge < -0.3 is 9.64 Å². The van der Waals surface area contributed by atoms with E-state index in [0.717, 1.165) is 48.6 Å². The molecule has 0 radical (unpaired) electrons. The molecule has 2 heterocycles. The maximum absolute atomic E-state index is 12.7. The quantitative estimate of drug-likeness (QED) is 0.783. The molecule has 2 aromatic rings. The molecular weight excluding hydrogens is 338 g/mol. The second-order valence-electron chi connectivity index (χ2n) is 7.29. The van der Waals surface area contributed by atoms with Gasteiger partial charge in [-0.2, -0.15) is 0 Å². The van der Waals surface area contributed by atoms with Gasteiger partial charge in [-0.15, -0.1) is 0 Å². The molecule has 1 aromatic heterocycles. The molecule has 144 valence electrons. The van der Waals surface area contributed by atoms with E-state index in [4.69, 9.17) is 9.72 Å². The number of hydrogen-bond donors (Lipinski definition) is 0. The summed E-state index contributed by atoms with van der Waals surface area (Å²) in [6, 6.07) is 8.19. The summed E-state index contributed by atoms with van der Waals surface area (Å²) < 4.78 is 5.58. The topological polar surface area (TPSA) is 55.3 Å². The maximum atomic E-state index is 12.7. The molecule has 5 heteroatoms. The Morgan fingerprint density at radius 2 is 2.04 bits per heavy atom. The van der Waals surface area contributed by atoms with Gasteiger partial charge in [-0.1, -0.05) is 29.8 Å². The van der Waals surface area contributed by atoms with Crippen LogP contribution in [0.25, 0.3) is 0 Å². The van der Waals surface area contributed by atoms with Crippen molar-refractivity contribution in [1.82, 2.24) is 14.9 Å². The van der Waals surface area contributed by atoms with E-state index in [1.807, 2.05) is 37.1 Å². The monoisotopic (exact) mass is 367 g/mol. The first-order valence-corrected chi connectivity index (χ1v) is 9.80. The number of likely N-dealkylation sites (tertiary alicyclic amines) is 1. The van der Waals surface area contributed by atoms with Crippen molar-refractivity contribution in [3.05, 3.63) is 58.7 Å². The largest absolute Gasteiger partial charge is 0.377 e. The fourth-order valence-corrected chi connectivity index (χ4v) is 3.70. The van der Waals surface area contributed by atoms with Crippen molar-refractivity contribution in [2.75, 3.05) is 19.7 Å². The number of hydrogen-bond acceptors (Lipinski definition) is 4. The van der Waals surface area contributed by atoms with Crippen LogP contribution in [0.1, 0.15) is 53.9 Å². The van der Waals surface area contributed by atoms with Gasteiger partial charge >= 0.3 is 0 Å². The smallest absolute Gasteiger partial charge is 0.226 e. The molecular formula is C22H29N3O2. The molecule has 0 spiro atoms. The van der Waals surface area contributed by atoms with E-state index >= 15 is 0 Å². The van der Waals surface area contributed by atoms with Gasteiger partial charge in [0, 0.05) is 37.4 Å². The Kier molecular flexibility index (Phi) is 6.56. The average molecular weight is 367 g/mol. The summed E-state index contributed by atoms with van der Waals surface area (Å²) in [6.45, 7) is 8.78. The Bertz CT molecular complexity index is 783. The summed E-state index contributed by atoms with van der Waals surface area (Å²) in [6.07, 6.45) is 4.25. The van der Waals surface area contributed by atoms with Crippen molar-refractivity contribution in [3.8, 4) is 0 Å². The van der Waals surface area contributed by atoms with Crippen LogP contribution < -0.4 is 0 Å². The molecule has 1 amide bonds. The van der Waals surface area contributed by atoms with Gasteiger partial charge in [0.2, 0.25) is 5.91 Å². The third-order valence-corrected chi connectivity index (χ3v) is 5.15. The second-order valence-corrected chi connectivity index (χ2v) is 7.29. The number of carbonyl (C=O) groups is 1. The Labute approximate surface area is 161 Å². The third kappa shape index (κ3) is 5.13. The van der Waals surface area contributed by atoms with E-state index in [9.17, 15) is 4.79 Å². The summed E-state index contributed by atoms with van der Waals surface area (Å²) in [4.78, 5) is 23.7. The summed E-state index contributed by atoms with van der Waals surface area (Å²) in [7, 11) is 0. The number of amides is 1. The molecule has 1 saturated heterocycles. The van der Waals surface area contributed by atoms with Crippen LogP contribution in [-0.2, 0) is 22.6 Å². The summed E-state index contributed by atoms with van der Waals surface area (Å²) >= 11 is 0. The molecule has 5 nitrogen and oxygen atoms in total. The van der Waals surface area contributed by atoms with E-state index in [0.29, 0.717) is 25.6 Å². The van der Waals surface area contributed by atoms with Gasteiger partial charge in [0.15, 0.2) is 0 Å². The molecule has 3 rings (SSSR count). The van der Waals surface area contributed by atoms with Crippen LogP contribution in [0.2, 0.25) is 0 Å². The summed E-state index contributed by atoms with van der Waals surface area (Å²) in [5.41, 5.74) is 4.46. The Balaban J connectivity index is 1.61. The highest BCUT2D eigenvalue weighted by Crippen LogP contribution is 2.29. The van der Waals surface area contributed by atoms with Crippen LogP contribution in [0, 0.1) is 13.8 Å². The first-order valence-electron chi connectivity index (χ1n) is 9.80. The predicted octanol–water partition coefficient (Wildman–Crippen LogP) is 3.58. The minimum absolute atomic E-state index is 0.215. The van der Waals surface area contributed by atoms with Gasteiger partial charge in [0.05, 0.1) is 18.7 Å². The number of aromatic nitrogens is 2. The number of benzene rings is 1. The number of nitrogens with zero attached hydrogens (tertiary/aromatic N) is 3. The SMILES string of the molecule is CCOCc1cnc(C)nc1C1CCN(C(=O)Cc2cccc(C)c2)CC1. The summed E-state index contributed by atoms with van der Waals surface area (Å²) in [5, 5.41) is 0. The Morgan fingerprint density at radius 3 is 2.74 bits per heavy atom. The van der Waals surface area contributed by atoms with Crippen molar-refractivity contribution < 1.29 is 9.53 Å². The first-order chi connectivity index (χ1) is 13.1. The minimum Gasteiger partial charge on any atom is -0.377 e. The average Bonchev–Trinajstić information content (AvgIpc) is 2.67. The van der Waals surface area contributed by atoms with Gasteiger partial charge in [-0.25, -0.2) is 9.97 Å². The zero-order valence-electron chi connectivity index (χ0n) is 16.6. The van der Waals surface area contributed by atoms with Gasteiger partial charge in [0.25, 0.3) is 0 Å². The lowest BCUT2D eigenvalue weighted by molar-refractivity contribution is -0.131. The molecule has 0 saturated carbocycles. The van der Waals surface area contributed by atoms with Crippen molar-refractivity contribution in [2.24, 2.45) is 0 Å². The van der Waals surface area contributed by atoms with Crippen LogP contribution in [0.5, 0.6) is 0 Å². The lowest BCUT2D eigenvalue weighted by Gasteiger charge is -2.32. The van der Waals surface area contributed by atoms with Gasteiger partial charge in [-0.05, 0) is 39.2 Å². The Hall–Kier alpha value is -2.27. The molecule has 0 bridgehead atoms. The third-order valence-electron chi connectivity index (χ3n) is 5.15. The van der Waals surface area contributed by atoms with Crippen LogP contribution in [0.3, 0.4) is 0 Å². The highest BCUT2D eigenvalue weighted by Gasteiger charge is 2.26. The standard InChI is InChI=1S/C22H29N3O2/c1-4-27-15-20-14-23-17(3)24-22(20)19-8-10-25(11-9-19)21(26)13-18-7-5-6-16(2)12-18/h5-7,12,14,19H,4,8-11,13,15H2,1-3H3. The number of rotatable bonds is 6. The fraction of sp³-hybridized carbons (Fsp3) is 0.500. The zero-order chi connectivity index (χ0) is 19.2. The summed E-state index contributed by atoms with van der Waals surface area (Å²) in [5.74, 6) is 1.38. The number of ether oxygens (including phenoxy) is 1. The highest BCUT2D eigenvalue weighted by molar-refractivity contribution is 5.79. The van der Waals surface area contributed by atoms with Crippen LogP contribution >= 0.6 is 0 Å². The highest BCUT2D eigenvalue weighted by atomic mass is 16.5. The van der Waals surface area contributed by atoms with Crippen LogP contribution in [0.15, 0.2) is 30.5 Å². The maximum Gasteiger partial charge on any atom is 0.226 e. The van der Waals surface area contributed by atoms with E-state index in [1.165, 1.54) is 5.56 Å². The van der Waals surface area contributed by atoms with Gasteiger partial charge in [0.1, 0.15) is 5.82 Å². The lowest BCUT2D eigenvalue weighted by Crippen LogP contribution is -2.39. The molecule has 0 N–H and O–H groups in total. The molecule has 0 atom stereocenters. The van der Waals surface area contributed by atoms with Crippen molar-refractivity contribution in [3.63, 3.8) is 0 Å². The molecule has 27 heavy (non-hydrogen) atoms. The second kappa shape index (κ2) is 9.09. The van der Waals surface area contributed by atoms with E-state index < -0.39 is 0 Å². The number of carbonyl (C=O) groups excluding carboxylic acids is 1. The van der Waals surface area contributed by atoms with Crippen molar-refractivity contribution >= 4 is 5.91 Å². The van der Waals surface area contributed by atoms with E-state index in [2.05, 4.69) is 24.0 Å². The zero-order valence-corrected chi connectivity index (χ0v) is 16.6. The lowest BCUT2D eigenvalue weighted by atomic mass is 9.90. The Morgan fingerprint density at radius 1 is 1.26 bits per heavy atom. The molecule has 0 aliphatic carbocycles. The molecule has 1 fully saturated rings. The predicted molar refractivity (Wildman–Crippen MR) is 106 cm³/mol. The first kappa shape index (κ1) is 19.5. The van der Waals surface area contributed by atoms with Crippen molar-refractivity contribution in [1.29, 1.82) is 0 Å².